The van der Waals surface area contributed by atoms with E-state index in [1.165, 1.54) is 10.8 Å². The summed E-state index contributed by atoms with van der Waals surface area (Å²) in [7, 11) is 0. The summed E-state index contributed by atoms with van der Waals surface area (Å²) in [5.41, 5.74) is 10.1. The van der Waals surface area contributed by atoms with Crippen molar-refractivity contribution in [3.05, 3.63) is 199 Å². The van der Waals surface area contributed by atoms with Crippen molar-refractivity contribution in [2.75, 3.05) is 0 Å². The minimum absolute atomic E-state index is 0.0487. The first kappa shape index (κ1) is 32.6. The molecular formula is C53H33N3O2. The van der Waals surface area contributed by atoms with E-state index in [2.05, 4.69) is 158 Å². The number of fused-ring (bicyclic) bond motifs is 8. The summed E-state index contributed by atoms with van der Waals surface area (Å²) in [5.74, 6) is 2.69. The lowest BCUT2D eigenvalue weighted by molar-refractivity contribution is 0.271. The first-order valence-electron chi connectivity index (χ1n) is 19.7. The maximum atomic E-state index is 6.45. The Morgan fingerprint density at radius 2 is 1.14 bits per heavy atom. The van der Waals surface area contributed by atoms with Crippen molar-refractivity contribution in [1.29, 1.82) is 0 Å². The van der Waals surface area contributed by atoms with Crippen molar-refractivity contribution in [1.82, 2.24) is 15.0 Å². The molecule has 0 spiro atoms. The van der Waals surface area contributed by atoms with Crippen LogP contribution in [0.2, 0.25) is 0 Å². The van der Waals surface area contributed by atoms with Crippen LogP contribution in [0, 0.1) is 0 Å². The third kappa shape index (κ3) is 5.28. The van der Waals surface area contributed by atoms with Gasteiger partial charge in [0.1, 0.15) is 23.0 Å². The number of ether oxygens (including phenoxy) is 1. The number of nitrogens with zero attached hydrogens (tertiary/aromatic N) is 3. The van der Waals surface area contributed by atoms with E-state index in [0.29, 0.717) is 17.5 Å². The minimum Gasteiger partial charge on any atom is -0.485 e. The van der Waals surface area contributed by atoms with Crippen LogP contribution in [0.3, 0.4) is 0 Å². The lowest BCUT2D eigenvalue weighted by Gasteiger charge is -2.22. The van der Waals surface area contributed by atoms with Gasteiger partial charge in [0.25, 0.3) is 0 Å². The van der Waals surface area contributed by atoms with E-state index < -0.39 is 0 Å². The molecule has 8 aromatic carbocycles. The van der Waals surface area contributed by atoms with E-state index >= 15 is 0 Å². The Labute approximate surface area is 334 Å². The van der Waals surface area contributed by atoms with Gasteiger partial charge in [0.05, 0.1) is 5.92 Å². The quantitative estimate of drug-likeness (QED) is 0.176. The zero-order valence-electron chi connectivity index (χ0n) is 31.2. The number of benzene rings is 8. The fourth-order valence-electron chi connectivity index (χ4n) is 8.95. The second kappa shape index (κ2) is 13.0. The number of hydrogen-bond donors (Lipinski definition) is 0. The van der Waals surface area contributed by atoms with Crippen molar-refractivity contribution < 1.29 is 9.15 Å². The normalized spacial score (nSPS) is 15.8. The first-order chi connectivity index (χ1) is 28.7. The third-order valence-electron chi connectivity index (χ3n) is 11.7. The monoisotopic (exact) mass is 743 g/mol. The van der Waals surface area contributed by atoms with Crippen LogP contribution in [0.1, 0.15) is 17.3 Å². The van der Waals surface area contributed by atoms with Gasteiger partial charge in [-0.25, -0.2) is 15.0 Å². The molecule has 2 aromatic heterocycles. The number of rotatable bonds is 5. The average Bonchev–Trinajstić information content (AvgIpc) is 3.87. The zero-order chi connectivity index (χ0) is 38.2. The van der Waals surface area contributed by atoms with Gasteiger partial charge in [0.15, 0.2) is 17.5 Å². The Morgan fingerprint density at radius 1 is 0.448 bits per heavy atom. The molecular weight excluding hydrogens is 711 g/mol. The Balaban J connectivity index is 1.07. The molecule has 0 radical (unpaired) electrons. The summed E-state index contributed by atoms with van der Waals surface area (Å²) in [6.07, 6.45) is 6.18. The van der Waals surface area contributed by atoms with E-state index in [9.17, 15) is 0 Å². The lowest BCUT2D eigenvalue weighted by Crippen LogP contribution is -2.20. The molecule has 272 valence electrons. The second-order valence-electron chi connectivity index (χ2n) is 15.1. The Morgan fingerprint density at radius 3 is 2.07 bits per heavy atom. The summed E-state index contributed by atoms with van der Waals surface area (Å²) in [5, 5.41) is 6.83. The lowest BCUT2D eigenvalue weighted by atomic mass is 9.84. The Kier molecular flexibility index (Phi) is 7.29. The Hall–Kier alpha value is -7.63. The third-order valence-corrected chi connectivity index (χ3v) is 11.7. The molecule has 3 heterocycles. The summed E-state index contributed by atoms with van der Waals surface area (Å²) in [4.78, 5) is 15.9. The van der Waals surface area contributed by atoms with Gasteiger partial charge >= 0.3 is 0 Å². The molecule has 1 aliphatic heterocycles. The van der Waals surface area contributed by atoms with Crippen LogP contribution >= 0.6 is 0 Å². The molecule has 0 N–H and O–H groups in total. The van der Waals surface area contributed by atoms with Crippen LogP contribution in [-0.2, 0) is 0 Å². The highest BCUT2D eigenvalue weighted by Gasteiger charge is 2.38. The zero-order valence-corrected chi connectivity index (χ0v) is 31.2. The molecule has 0 amide bonds. The maximum Gasteiger partial charge on any atom is 0.164 e. The fraction of sp³-hybridized carbons (Fsp3) is 0.0377. The fourth-order valence-corrected chi connectivity index (χ4v) is 8.95. The molecule has 2 unspecified atom stereocenters. The van der Waals surface area contributed by atoms with Crippen LogP contribution in [0.5, 0.6) is 5.75 Å². The first-order valence-corrected chi connectivity index (χ1v) is 19.7. The van der Waals surface area contributed by atoms with Crippen LogP contribution in [0.4, 0.5) is 0 Å². The molecule has 5 nitrogen and oxygen atoms in total. The largest absolute Gasteiger partial charge is 0.485 e. The highest BCUT2D eigenvalue weighted by atomic mass is 16.5. The summed E-state index contributed by atoms with van der Waals surface area (Å²) < 4.78 is 12.8. The predicted molar refractivity (Wildman–Crippen MR) is 235 cm³/mol. The van der Waals surface area contributed by atoms with Crippen molar-refractivity contribution in [2.24, 2.45) is 0 Å². The van der Waals surface area contributed by atoms with Gasteiger partial charge in [-0.1, -0.05) is 140 Å². The van der Waals surface area contributed by atoms with Gasteiger partial charge in [-0.3, -0.25) is 0 Å². The van der Waals surface area contributed by atoms with Crippen LogP contribution < -0.4 is 4.74 Å². The maximum absolute atomic E-state index is 6.45. The molecule has 10 aromatic rings. The molecule has 12 rings (SSSR count). The molecule has 0 fully saturated rings. The minimum atomic E-state index is -0.144. The molecule has 1 aliphatic carbocycles. The number of hydrogen-bond acceptors (Lipinski definition) is 5. The van der Waals surface area contributed by atoms with E-state index in [1.807, 2.05) is 30.3 Å². The van der Waals surface area contributed by atoms with E-state index in [-0.39, 0.29) is 12.0 Å². The number of furan rings is 1. The topological polar surface area (TPSA) is 61.0 Å². The standard InChI is InChI=1S/C53H33N3O2/c1-2-13-33-28-35(27-26-32(33)12-1)34-15-9-16-37(29-34)51-54-52(56-53(55-51)43-21-11-25-48-50(43)42-19-6-8-23-46(42)58-48)38-30-36-14-3-4-17-39(36)44(31-38)40-20-10-24-47-49(40)41-18-5-7-22-45(41)57-47/h1-31,48,50H. The van der Waals surface area contributed by atoms with Crippen molar-refractivity contribution in [3.8, 4) is 50.8 Å². The highest BCUT2D eigenvalue weighted by molar-refractivity contribution is 6.15. The van der Waals surface area contributed by atoms with Crippen molar-refractivity contribution >= 4 is 49.1 Å². The van der Waals surface area contributed by atoms with Crippen LogP contribution in [0.25, 0.3) is 94.1 Å². The molecule has 5 heteroatoms. The molecule has 0 saturated carbocycles. The highest BCUT2D eigenvalue weighted by Crippen LogP contribution is 2.48. The summed E-state index contributed by atoms with van der Waals surface area (Å²) in [6, 6.07) is 59.4. The second-order valence-corrected chi connectivity index (χ2v) is 15.1. The summed E-state index contributed by atoms with van der Waals surface area (Å²) >= 11 is 0. The SMILES string of the molecule is C1=CC2Oc3ccccc3C2C(c2nc(-c3cccc(-c4ccc5ccccc5c4)c3)nc(-c3cc(-c4cccc5oc6ccccc6c45)c4ccccc4c3)n2)=C1. The van der Waals surface area contributed by atoms with E-state index in [1.54, 1.807) is 0 Å². The predicted octanol–water partition coefficient (Wildman–Crippen LogP) is 13.2. The van der Waals surface area contributed by atoms with Crippen molar-refractivity contribution in [2.45, 2.75) is 12.0 Å². The molecule has 2 atom stereocenters. The van der Waals surface area contributed by atoms with Gasteiger partial charge < -0.3 is 9.15 Å². The van der Waals surface area contributed by atoms with E-state index in [0.717, 1.165) is 83.0 Å². The average molecular weight is 744 g/mol. The molecule has 0 saturated heterocycles. The molecule has 2 aliphatic rings. The van der Waals surface area contributed by atoms with Gasteiger partial charge in [-0.05, 0) is 92.3 Å². The van der Waals surface area contributed by atoms with Gasteiger partial charge in [-0.2, -0.15) is 0 Å². The molecule has 58 heavy (non-hydrogen) atoms. The summed E-state index contributed by atoms with van der Waals surface area (Å²) in [6.45, 7) is 0. The molecule has 0 bridgehead atoms. The van der Waals surface area contributed by atoms with Gasteiger partial charge in [0.2, 0.25) is 0 Å². The van der Waals surface area contributed by atoms with Crippen molar-refractivity contribution in [3.63, 3.8) is 0 Å². The smallest absolute Gasteiger partial charge is 0.164 e. The Bertz CT molecular complexity index is 3360. The number of allylic oxidation sites excluding steroid dienone is 2. The van der Waals surface area contributed by atoms with Gasteiger partial charge in [0, 0.05) is 33.0 Å². The van der Waals surface area contributed by atoms with Gasteiger partial charge in [-0.15, -0.1) is 0 Å². The number of para-hydroxylation sites is 2. The number of aromatic nitrogens is 3. The van der Waals surface area contributed by atoms with Crippen LogP contribution in [-0.4, -0.2) is 21.1 Å². The van der Waals surface area contributed by atoms with E-state index in [4.69, 9.17) is 24.1 Å². The van der Waals surface area contributed by atoms with Crippen LogP contribution in [0.15, 0.2) is 193 Å².